The molecular formula is C43H56N2O13. The van der Waals surface area contributed by atoms with Gasteiger partial charge in [0.05, 0.1) is 33.0 Å². The minimum absolute atomic E-state index is 0.102. The van der Waals surface area contributed by atoms with Gasteiger partial charge in [-0.15, -0.1) is 0 Å². The summed E-state index contributed by atoms with van der Waals surface area (Å²) in [6, 6.07) is 23.7. The molecule has 1 saturated heterocycles. The summed E-state index contributed by atoms with van der Waals surface area (Å²) in [6.45, 7) is 2.39. The molecule has 2 amide bonds. The highest BCUT2D eigenvalue weighted by atomic mass is 16.7. The van der Waals surface area contributed by atoms with E-state index in [9.17, 15) is 29.7 Å². The Balaban J connectivity index is 1.22. The van der Waals surface area contributed by atoms with Crippen LogP contribution in [0.1, 0.15) is 56.2 Å². The zero-order chi connectivity index (χ0) is 41.8. The molecule has 0 bridgehead atoms. The SMILES string of the molecule is COc1ccc(C(OC[C@H]2C[C@@H](NC(=O)CCCCO[C@H]3O[C@@H](COC(C)=O)[C@@H](O)[C@@H](O)[C@@H]3NC(C)=O)[C@H](OC)[C@@H]2O)(c2ccccc2)c2ccc(OC)cc2)cc1. The number of rotatable bonds is 19. The van der Waals surface area contributed by atoms with E-state index in [4.69, 9.17) is 33.2 Å². The molecule has 3 aromatic rings. The van der Waals surface area contributed by atoms with Gasteiger partial charge in [-0.3, -0.25) is 14.4 Å². The number of aliphatic hydroxyl groups is 3. The van der Waals surface area contributed by atoms with Gasteiger partial charge in [0, 0.05) is 39.9 Å². The topological polar surface area (TPSA) is 201 Å². The number of ether oxygens (including phenoxy) is 7. The van der Waals surface area contributed by atoms with Crippen LogP contribution in [0.3, 0.4) is 0 Å². The number of carbonyl (C=O) groups is 3. The maximum absolute atomic E-state index is 13.2. The Hall–Kier alpha value is -4.61. The minimum atomic E-state index is -1.45. The Bertz CT molecular complexity index is 1710. The van der Waals surface area contributed by atoms with E-state index >= 15 is 0 Å². The van der Waals surface area contributed by atoms with Crippen molar-refractivity contribution in [1.29, 1.82) is 0 Å². The highest BCUT2D eigenvalue weighted by Gasteiger charge is 2.47. The van der Waals surface area contributed by atoms with Crippen LogP contribution in [0.5, 0.6) is 11.5 Å². The molecule has 3 aromatic carbocycles. The molecule has 15 heteroatoms. The van der Waals surface area contributed by atoms with Crippen molar-refractivity contribution in [3.63, 3.8) is 0 Å². The third kappa shape index (κ3) is 10.7. The quantitative estimate of drug-likeness (QED) is 0.0674. The van der Waals surface area contributed by atoms with Gasteiger partial charge in [-0.05, 0) is 60.2 Å². The molecule has 1 aliphatic heterocycles. The Morgan fingerprint density at radius 3 is 1.91 bits per heavy atom. The first-order valence-electron chi connectivity index (χ1n) is 19.4. The lowest BCUT2D eigenvalue weighted by atomic mass is 9.79. The van der Waals surface area contributed by atoms with Crippen LogP contribution in [-0.4, -0.2) is 123 Å². The summed E-state index contributed by atoms with van der Waals surface area (Å²) in [6.07, 6.45) is -5.33. The molecule has 5 rings (SSSR count). The molecule has 9 atom stereocenters. The predicted octanol–water partition coefficient (Wildman–Crippen LogP) is 2.59. The fourth-order valence-electron chi connectivity index (χ4n) is 7.69. The Kier molecular flexibility index (Phi) is 16.0. The van der Waals surface area contributed by atoms with Crippen LogP contribution in [0.2, 0.25) is 0 Å². The van der Waals surface area contributed by atoms with Crippen LogP contribution in [-0.2, 0) is 43.7 Å². The summed E-state index contributed by atoms with van der Waals surface area (Å²) in [5.41, 5.74) is 1.50. The molecule has 2 fully saturated rings. The fourth-order valence-corrected chi connectivity index (χ4v) is 7.69. The van der Waals surface area contributed by atoms with Crippen LogP contribution in [0.15, 0.2) is 78.9 Å². The average Bonchev–Trinajstić information content (AvgIpc) is 3.53. The molecule has 2 aliphatic rings. The molecular weight excluding hydrogens is 752 g/mol. The third-order valence-corrected chi connectivity index (χ3v) is 10.7. The highest BCUT2D eigenvalue weighted by molar-refractivity contribution is 5.76. The molecule has 316 valence electrons. The van der Waals surface area contributed by atoms with Gasteiger partial charge in [0.25, 0.3) is 0 Å². The number of amides is 2. The molecule has 1 heterocycles. The van der Waals surface area contributed by atoms with Gasteiger partial charge >= 0.3 is 5.97 Å². The standard InChI is InChI=1S/C43H56N2O13/c1-26(46)44-37-40(51)39(50)35(25-56-27(2)47)58-42(37)55-22-10-9-13-36(48)45-34-23-28(38(49)41(34)54-5)24-57-43(29-11-7-6-8-12-29,30-14-18-32(52-3)19-15-30)31-16-20-33(53-4)21-17-31/h6-8,11-12,14-21,28,34-35,37-42,49-51H,9-10,13,22-25H2,1-5H3,(H,44,46)(H,45,48)/t28-,34-,35+,37+,38-,39-,40+,41+,42+/m1/s1. The number of carbonyl (C=O) groups excluding carboxylic acids is 3. The Labute approximate surface area is 338 Å². The summed E-state index contributed by atoms with van der Waals surface area (Å²) in [4.78, 5) is 36.3. The van der Waals surface area contributed by atoms with Crippen molar-refractivity contribution in [2.45, 2.75) is 94.0 Å². The van der Waals surface area contributed by atoms with Crippen molar-refractivity contribution in [1.82, 2.24) is 10.6 Å². The number of benzene rings is 3. The molecule has 58 heavy (non-hydrogen) atoms. The second kappa shape index (κ2) is 20.9. The van der Waals surface area contributed by atoms with Gasteiger partial charge in [0.2, 0.25) is 11.8 Å². The van der Waals surface area contributed by atoms with E-state index in [1.54, 1.807) is 14.2 Å². The van der Waals surface area contributed by atoms with Crippen LogP contribution in [0, 0.1) is 5.92 Å². The molecule has 0 radical (unpaired) electrons. The van der Waals surface area contributed by atoms with Crippen molar-refractivity contribution < 1.29 is 62.9 Å². The van der Waals surface area contributed by atoms with Crippen molar-refractivity contribution in [2.24, 2.45) is 5.92 Å². The Morgan fingerprint density at radius 2 is 1.36 bits per heavy atom. The first kappa shape index (κ1) is 44.5. The lowest BCUT2D eigenvalue weighted by Gasteiger charge is -2.42. The molecule has 0 unspecified atom stereocenters. The number of methoxy groups -OCH3 is 3. The number of aliphatic hydroxyl groups excluding tert-OH is 3. The molecule has 0 aromatic heterocycles. The largest absolute Gasteiger partial charge is 0.497 e. The van der Waals surface area contributed by atoms with E-state index in [1.807, 2.05) is 78.9 Å². The number of esters is 1. The summed E-state index contributed by atoms with van der Waals surface area (Å²) in [5.74, 6) is -0.289. The van der Waals surface area contributed by atoms with Crippen LogP contribution in [0.25, 0.3) is 0 Å². The summed E-state index contributed by atoms with van der Waals surface area (Å²) >= 11 is 0. The molecule has 0 spiro atoms. The summed E-state index contributed by atoms with van der Waals surface area (Å²) in [5, 5.41) is 38.3. The van der Waals surface area contributed by atoms with Crippen LogP contribution >= 0.6 is 0 Å². The van der Waals surface area contributed by atoms with Crippen LogP contribution in [0.4, 0.5) is 0 Å². The monoisotopic (exact) mass is 808 g/mol. The molecule has 15 nitrogen and oxygen atoms in total. The van der Waals surface area contributed by atoms with Crippen molar-refractivity contribution in [2.75, 3.05) is 41.2 Å². The lowest BCUT2D eigenvalue weighted by molar-refractivity contribution is -0.271. The van der Waals surface area contributed by atoms with Crippen molar-refractivity contribution in [3.8, 4) is 11.5 Å². The van der Waals surface area contributed by atoms with E-state index in [2.05, 4.69) is 10.6 Å². The van der Waals surface area contributed by atoms with Crippen LogP contribution < -0.4 is 20.1 Å². The van der Waals surface area contributed by atoms with Gasteiger partial charge in [0.15, 0.2) is 6.29 Å². The Morgan fingerprint density at radius 1 is 0.759 bits per heavy atom. The number of hydrogen-bond acceptors (Lipinski definition) is 13. The van der Waals surface area contributed by atoms with E-state index in [1.165, 1.54) is 21.0 Å². The van der Waals surface area contributed by atoms with E-state index in [-0.39, 0.29) is 32.1 Å². The van der Waals surface area contributed by atoms with E-state index in [0.717, 1.165) is 16.7 Å². The molecule has 5 N–H and O–H groups in total. The van der Waals surface area contributed by atoms with Gasteiger partial charge in [-0.25, -0.2) is 0 Å². The molecule has 1 saturated carbocycles. The smallest absolute Gasteiger partial charge is 0.302 e. The lowest BCUT2D eigenvalue weighted by Crippen LogP contribution is -2.64. The second-order valence-electron chi connectivity index (χ2n) is 14.6. The normalized spacial score (nSPS) is 25.8. The number of unbranched alkanes of at least 4 members (excludes halogenated alkanes) is 1. The van der Waals surface area contributed by atoms with Crippen molar-refractivity contribution in [3.05, 3.63) is 95.6 Å². The number of nitrogens with one attached hydrogen (secondary N) is 2. The third-order valence-electron chi connectivity index (χ3n) is 10.7. The highest BCUT2D eigenvalue weighted by Crippen LogP contribution is 2.43. The maximum atomic E-state index is 13.2. The predicted molar refractivity (Wildman–Crippen MR) is 210 cm³/mol. The zero-order valence-corrected chi connectivity index (χ0v) is 33.6. The summed E-state index contributed by atoms with van der Waals surface area (Å²) in [7, 11) is 4.73. The van der Waals surface area contributed by atoms with Gasteiger partial charge in [0.1, 0.15) is 54.2 Å². The van der Waals surface area contributed by atoms with E-state index in [0.29, 0.717) is 30.8 Å². The molecule has 1 aliphatic carbocycles. The minimum Gasteiger partial charge on any atom is -0.497 e. The first-order valence-corrected chi connectivity index (χ1v) is 19.4. The van der Waals surface area contributed by atoms with Gasteiger partial charge < -0.3 is 59.1 Å². The summed E-state index contributed by atoms with van der Waals surface area (Å²) < 4.78 is 40.2. The van der Waals surface area contributed by atoms with E-state index < -0.39 is 72.3 Å². The zero-order valence-electron chi connectivity index (χ0n) is 33.6. The first-order chi connectivity index (χ1) is 27.9. The second-order valence-corrected chi connectivity index (χ2v) is 14.6. The maximum Gasteiger partial charge on any atom is 0.302 e. The average molecular weight is 809 g/mol. The van der Waals surface area contributed by atoms with Gasteiger partial charge in [-0.2, -0.15) is 0 Å². The number of hydrogen-bond donors (Lipinski definition) is 5. The van der Waals surface area contributed by atoms with Gasteiger partial charge in [-0.1, -0.05) is 54.6 Å². The fraction of sp³-hybridized carbons (Fsp3) is 0.512. The van der Waals surface area contributed by atoms with Crippen molar-refractivity contribution >= 4 is 17.8 Å².